The monoisotopic (exact) mass is 164 g/mol. The summed E-state index contributed by atoms with van der Waals surface area (Å²) in [4.78, 5) is 11.9. The van der Waals surface area contributed by atoms with E-state index in [1.165, 1.54) is 24.3 Å². The van der Waals surface area contributed by atoms with Gasteiger partial charge in [-0.2, -0.15) is 0 Å². The fourth-order valence-electron chi connectivity index (χ4n) is 0.727. The standard InChI is InChI=1S/C8H5NO3/c10-7-3-1-6(2-4-7)8(11)5-9-12/h1-4H,(H-,10,11,12)/p+1. The zero-order chi connectivity index (χ0) is 8.97. The lowest BCUT2D eigenvalue weighted by molar-refractivity contribution is 0.475. The molecule has 4 heteroatoms. The molecule has 4 nitrogen and oxygen atoms in total. The van der Waals surface area contributed by atoms with Gasteiger partial charge in [-0.25, -0.2) is 0 Å². The number of nitroso groups, excluding NO2 is 1. The van der Waals surface area contributed by atoms with Crippen LogP contribution in [-0.4, -0.2) is 16.1 Å². The van der Waals surface area contributed by atoms with Gasteiger partial charge < -0.3 is 10.2 Å². The molecule has 0 bridgehead atoms. The van der Waals surface area contributed by atoms with Crippen molar-refractivity contribution in [2.24, 2.45) is 0 Å². The lowest BCUT2D eigenvalue weighted by Crippen LogP contribution is -1.82. The summed E-state index contributed by atoms with van der Waals surface area (Å²) in [7, 11) is 0. The molecule has 0 aliphatic heterocycles. The maximum absolute atomic E-state index is 9.66. The van der Waals surface area contributed by atoms with Crippen LogP contribution >= 0.6 is 0 Å². The Bertz CT molecular complexity index is 356. The summed E-state index contributed by atoms with van der Waals surface area (Å²) in [6, 6.07) is 5.67. The van der Waals surface area contributed by atoms with Crippen molar-refractivity contribution in [3.8, 4) is 5.75 Å². The summed E-state index contributed by atoms with van der Waals surface area (Å²) in [6.07, 6.45) is 0. The molecule has 60 valence electrons. The molecular weight excluding hydrogens is 158 g/mol. The number of phenolic OH excluding ortho intramolecular Hbond substituents is 1. The highest BCUT2D eigenvalue weighted by atomic mass is 16.3. The summed E-state index contributed by atoms with van der Waals surface area (Å²) in [5.74, 6) is 1.59. The third-order valence-electron chi connectivity index (χ3n) is 1.29. The van der Waals surface area contributed by atoms with Crippen LogP contribution in [0.15, 0.2) is 24.3 Å². The molecule has 0 radical (unpaired) electrons. The van der Waals surface area contributed by atoms with Crippen LogP contribution in [0.1, 0.15) is 5.56 Å². The third-order valence-corrected chi connectivity index (χ3v) is 1.29. The summed E-state index contributed by atoms with van der Waals surface area (Å²) < 4.78 is 0. The molecule has 0 saturated heterocycles. The first-order chi connectivity index (χ1) is 5.74. The number of rotatable bonds is 1. The quantitative estimate of drug-likeness (QED) is 0.366. The zero-order valence-electron chi connectivity index (χ0n) is 6.06. The van der Waals surface area contributed by atoms with Crippen molar-refractivity contribution >= 4 is 11.6 Å². The summed E-state index contributed by atoms with van der Waals surface area (Å²) in [5.41, 5.74) is 0.382. The Labute approximate surface area is 68.1 Å². The van der Waals surface area contributed by atoms with Gasteiger partial charge in [0.1, 0.15) is 5.75 Å². The van der Waals surface area contributed by atoms with Crippen LogP contribution in [-0.2, 0) is 0 Å². The van der Waals surface area contributed by atoms with E-state index in [4.69, 9.17) is 10.2 Å². The van der Waals surface area contributed by atoms with Crippen molar-refractivity contribution in [2.75, 3.05) is 0 Å². The number of aliphatic hydroxyl groups excluding tert-OH is 1. The molecule has 2 N–H and O–H groups in total. The Morgan fingerprint density at radius 2 is 1.92 bits per heavy atom. The molecule has 0 atom stereocenters. The highest BCUT2D eigenvalue weighted by Gasteiger charge is 2.01. The van der Waals surface area contributed by atoms with E-state index in [0.29, 0.717) is 5.56 Å². The van der Waals surface area contributed by atoms with E-state index in [-0.39, 0.29) is 11.5 Å². The second-order valence-electron chi connectivity index (χ2n) is 2.10. The maximum atomic E-state index is 9.66. The Morgan fingerprint density at radius 3 is 2.42 bits per heavy atom. The molecule has 0 saturated carbocycles. The number of aromatic hydroxyl groups is 1. The highest BCUT2D eigenvalue weighted by Crippen LogP contribution is 2.13. The van der Waals surface area contributed by atoms with Crippen molar-refractivity contribution in [3.05, 3.63) is 34.7 Å². The normalized spacial score (nSPS) is 8.33. The molecule has 0 amide bonds. The second kappa shape index (κ2) is 3.39. The Balaban J connectivity index is 3.14. The van der Waals surface area contributed by atoms with Crippen molar-refractivity contribution in [1.29, 1.82) is 0 Å². The second-order valence-corrected chi connectivity index (χ2v) is 2.10. The first-order valence-corrected chi connectivity index (χ1v) is 3.17. The molecular formula is C8H6NO3+. The van der Waals surface area contributed by atoms with Crippen LogP contribution in [0, 0.1) is 4.91 Å². The molecule has 1 rings (SSSR count). The SMILES string of the molecule is O=[N+]=C=C(O)c1ccc(O)cc1. The summed E-state index contributed by atoms with van der Waals surface area (Å²) >= 11 is 0. The van der Waals surface area contributed by atoms with Gasteiger partial charge in [-0.3, -0.25) is 0 Å². The smallest absolute Gasteiger partial charge is 0.432 e. The van der Waals surface area contributed by atoms with E-state index >= 15 is 0 Å². The van der Waals surface area contributed by atoms with Crippen LogP contribution in [0.3, 0.4) is 0 Å². The minimum Gasteiger partial charge on any atom is -0.508 e. The van der Waals surface area contributed by atoms with Gasteiger partial charge in [0, 0.05) is 5.56 Å². The summed E-state index contributed by atoms with van der Waals surface area (Å²) in [6.45, 7) is 0. The minimum absolute atomic E-state index is 0.0885. The van der Waals surface area contributed by atoms with Crippen LogP contribution in [0.5, 0.6) is 5.75 Å². The van der Waals surface area contributed by atoms with Gasteiger partial charge in [0.2, 0.25) is 0 Å². The van der Waals surface area contributed by atoms with Crippen LogP contribution < -0.4 is 4.85 Å². The van der Waals surface area contributed by atoms with E-state index in [9.17, 15) is 4.91 Å². The number of nitrogens with zero attached hydrogens (tertiary/aromatic N) is 1. The van der Waals surface area contributed by atoms with Gasteiger partial charge >= 0.3 is 5.87 Å². The summed E-state index contributed by atoms with van der Waals surface area (Å²) in [5, 5.41) is 17.9. The molecule has 0 aromatic heterocycles. The van der Waals surface area contributed by atoms with Crippen molar-refractivity contribution < 1.29 is 10.2 Å². The van der Waals surface area contributed by atoms with E-state index in [1.807, 2.05) is 5.87 Å². The topological polar surface area (TPSA) is 71.6 Å². The molecule has 1 aromatic carbocycles. The fourth-order valence-corrected chi connectivity index (χ4v) is 0.727. The number of phenols is 1. The van der Waals surface area contributed by atoms with Gasteiger partial charge in [0.05, 0.1) is 0 Å². The number of hydrogen-bond donors (Lipinski definition) is 2. The molecule has 0 aliphatic rings. The average molecular weight is 164 g/mol. The van der Waals surface area contributed by atoms with Crippen molar-refractivity contribution in [3.63, 3.8) is 0 Å². The number of aliphatic hydroxyl groups is 1. The predicted octanol–water partition coefficient (Wildman–Crippen LogP) is 0.794. The minimum atomic E-state index is -0.343. The van der Waals surface area contributed by atoms with Crippen LogP contribution in [0.4, 0.5) is 0 Å². The molecule has 12 heavy (non-hydrogen) atoms. The molecule has 0 aliphatic carbocycles. The van der Waals surface area contributed by atoms with Gasteiger partial charge in [-0.05, 0) is 24.3 Å². The van der Waals surface area contributed by atoms with Gasteiger partial charge in [-0.15, -0.1) is 0 Å². The Hall–Kier alpha value is -2.02. The number of benzene rings is 1. The van der Waals surface area contributed by atoms with Crippen LogP contribution in [0.25, 0.3) is 5.76 Å². The van der Waals surface area contributed by atoms with Gasteiger partial charge in [0.15, 0.2) is 4.91 Å². The van der Waals surface area contributed by atoms with E-state index in [1.54, 1.807) is 0 Å². The lowest BCUT2D eigenvalue weighted by atomic mass is 10.2. The van der Waals surface area contributed by atoms with Crippen molar-refractivity contribution in [1.82, 2.24) is 4.85 Å². The molecule has 0 spiro atoms. The lowest BCUT2D eigenvalue weighted by Gasteiger charge is -1.93. The van der Waals surface area contributed by atoms with E-state index < -0.39 is 0 Å². The number of hydrogen-bond acceptors (Lipinski definition) is 3. The molecule has 0 heterocycles. The van der Waals surface area contributed by atoms with Crippen LogP contribution in [0.2, 0.25) is 0 Å². The molecule has 1 aromatic rings. The molecule has 0 unspecified atom stereocenters. The van der Waals surface area contributed by atoms with E-state index in [2.05, 4.69) is 4.85 Å². The maximum Gasteiger partial charge on any atom is 0.432 e. The Kier molecular flexibility index (Phi) is 2.29. The van der Waals surface area contributed by atoms with Gasteiger partial charge in [-0.1, -0.05) is 0 Å². The fraction of sp³-hybridized carbons (Fsp3) is 0. The van der Waals surface area contributed by atoms with Gasteiger partial charge in [0.25, 0.3) is 10.6 Å². The van der Waals surface area contributed by atoms with Crippen molar-refractivity contribution in [2.45, 2.75) is 0 Å². The first-order valence-electron chi connectivity index (χ1n) is 3.17. The highest BCUT2D eigenvalue weighted by molar-refractivity contribution is 5.83. The predicted molar refractivity (Wildman–Crippen MR) is 44.7 cm³/mol. The van der Waals surface area contributed by atoms with E-state index in [0.717, 1.165) is 0 Å². The largest absolute Gasteiger partial charge is 0.508 e. The first kappa shape index (κ1) is 8.08. The third kappa shape index (κ3) is 1.73. The molecule has 0 fully saturated rings. The zero-order valence-corrected chi connectivity index (χ0v) is 6.06. The average Bonchev–Trinajstić information content (AvgIpc) is 2.06. The Morgan fingerprint density at radius 1 is 1.33 bits per heavy atom.